The van der Waals surface area contributed by atoms with Gasteiger partial charge in [-0.3, -0.25) is 4.79 Å². The fourth-order valence-corrected chi connectivity index (χ4v) is 1.91. The molecule has 0 saturated carbocycles. The summed E-state index contributed by atoms with van der Waals surface area (Å²) in [4.78, 5) is 16.1. The second kappa shape index (κ2) is 6.68. The zero-order chi connectivity index (χ0) is 14.4. The molecule has 0 aliphatic heterocycles. The summed E-state index contributed by atoms with van der Waals surface area (Å²) in [6.45, 7) is -0.0757. The molecule has 0 saturated heterocycles. The predicted molar refractivity (Wildman–Crippen MR) is 77.4 cm³/mol. The lowest BCUT2D eigenvalue weighted by Gasteiger charge is -2.10. The Balaban J connectivity index is 2.18. The fourth-order valence-electron chi connectivity index (χ4n) is 1.54. The van der Waals surface area contributed by atoms with Gasteiger partial charge in [0.05, 0.1) is 5.69 Å². The predicted octanol–water partition coefficient (Wildman–Crippen LogP) is 3.00. The minimum absolute atomic E-state index is 0.0757. The molecule has 0 fully saturated rings. The molecule has 0 unspecified atom stereocenters. The molecule has 20 heavy (non-hydrogen) atoms. The van der Waals surface area contributed by atoms with Crippen LogP contribution in [0.4, 0.5) is 5.69 Å². The van der Waals surface area contributed by atoms with Gasteiger partial charge >= 0.3 is 0 Å². The number of carbonyl (C=O) groups is 1. The number of pyridine rings is 1. The quantitative estimate of drug-likeness (QED) is 0.874. The number of hydrogen-bond donors (Lipinski definition) is 1. The van der Waals surface area contributed by atoms with E-state index in [2.05, 4.69) is 26.2 Å². The maximum Gasteiger partial charge on any atom is 0.255 e. The number of hydrogen-bond acceptors (Lipinski definition) is 4. The summed E-state index contributed by atoms with van der Waals surface area (Å²) < 4.78 is 5.83. The van der Waals surface area contributed by atoms with Crippen LogP contribution in [0.5, 0.6) is 5.75 Å². The number of anilines is 1. The van der Waals surface area contributed by atoms with Crippen LogP contribution >= 0.6 is 15.9 Å². The Morgan fingerprint density at radius 3 is 2.95 bits per heavy atom. The first-order valence-electron chi connectivity index (χ1n) is 5.72. The smallest absolute Gasteiger partial charge is 0.255 e. The molecule has 1 amide bonds. The monoisotopic (exact) mass is 331 g/mol. The summed E-state index contributed by atoms with van der Waals surface area (Å²) in [5, 5.41) is 11.3. The highest BCUT2D eigenvalue weighted by Crippen LogP contribution is 2.24. The van der Waals surface area contributed by atoms with Gasteiger partial charge in [-0.05, 0) is 40.2 Å². The van der Waals surface area contributed by atoms with Crippen LogP contribution in [0.15, 0.2) is 47.2 Å². The number of nitrogens with zero attached hydrogens (tertiary/aromatic N) is 2. The number of carbonyl (C=O) groups excluding carboxylic acids is 1. The van der Waals surface area contributed by atoms with E-state index in [0.29, 0.717) is 21.6 Å². The van der Waals surface area contributed by atoms with Crippen molar-refractivity contribution in [2.45, 2.75) is 0 Å². The Bertz CT molecular complexity index is 667. The summed E-state index contributed by atoms with van der Waals surface area (Å²) in [7, 11) is 0. The Hall–Kier alpha value is -2.39. The van der Waals surface area contributed by atoms with Gasteiger partial charge in [0.25, 0.3) is 5.91 Å². The molecule has 100 valence electrons. The third-order valence-electron chi connectivity index (χ3n) is 2.42. The second-order valence-electron chi connectivity index (χ2n) is 3.76. The number of ether oxygens (including phenoxy) is 1. The number of halogens is 1. The number of aromatic nitrogens is 1. The van der Waals surface area contributed by atoms with Gasteiger partial charge < -0.3 is 10.1 Å². The van der Waals surface area contributed by atoms with Gasteiger partial charge in [0.15, 0.2) is 6.61 Å². The van der Waals surface area contributed by atoms with Crippen molar-refractivity contribution in [2.24, 2.45) is 0 Å². The van der Waals surface area contributed by atoms with E-state index in [1.165, 1.54) is 6.20 Å². The number of rotatable bonds is 4. The van der Waals surface area contributed by atoms with Crippen LogP contribution in [0.3, 0.4) is 0 Å². The SMILES string of the molecule is N#CCOc1ccccc1NC(=O)c1ccnc(Br)c1. The maximum atomic E-state index is 12.1. The van der Waals surface area contributed by atoms with Gasteiger partial charge in [-0.15, -0.1) is 0 Å². The zero-order valence-corrected chi connectivity index (χ0v) is 11.9. The summed E-state index contributed by atoms with van der Waals surface area (Å²) in [6.07, 6.45) is 1.54. The van der Waals surface area contributed by atoms with Crippen molar-refractivity contribution in [3.63, 3.8) is 0 Å². The van der Waals surface area contributed by atoms with Gasteiger partial charge in [0.2, 0.25) is 0 Å². The van der Waals surface area contributed by atoms with Crippen LogP contribution in [-0.4, -0.2) is 17.5 Å². The van der Waals surface area contributed by atoms with Gasteiger partial charge in [0.1, 0.15) is 16.4 Å². The van der Waals surface area contributed by atoms with Gasteiger partial charge in [-0.25, -0.2) is 4.98 Å². The van der Waals surface area contributed by atoms with Crippen molar-refractivity contribution in [3.05, 3.63) is 52.8 Å². The van der Waals surface area contributed by atoms with E-state index in [1.54, 1.807) is 36.4 Å². The average molecular weight is 332 g/mol. The first kappa shape index (κ1) is 14.0. The minimum atomic E-state index is -0.277. The molecule has 2 rings (SSSR count). The standard InChI is InChI=1S/C14H10BrN3O2/c15-13-9-10(5-7-17-13)14(19)18-11-3-1-2-4-12(11)20-8-6-16/h1-5,7,9H,8H2,(H,18,19). The highest BCUT2D eigenvalue weighted by Gasteiger charge is 2.10. The topological polar surface area (TPSA) is 75.0 Å². The van der Waals surface area contributed by atoms with E-state index in [-0.39, 0.29) is 12.5 Å². The molecule has 5 nitrogen and oxygen atoms in total. The Morgan fingerprint density at radius 1 is 1.40 bits per heavy atom. The molecular weight excluding hydrogens is 322 g/mol. The third-order valence-corrected chi connectivity index (χ3v) is 2.85. The van der Waals surface area contributed by atoms with E-state index in [0.717, 1.165) is 0 Å². The zero-order valence-electron chi connectivity index (χ0n) is 10.3. The van der Waals surface area contributed by atoms with E-state index in [4.69, 9.17) is 10.00 Å². The van der Waals surface area contributed by atoms with Crippen LogP contribution in [0.2, 0.25) is 0 Å². The molecule has 0 spiro atoms. The lowest BCUT2D eigenvalue weighted by Crippen LogP contribution is -2.13. The van der Waals surface area contributed by atoms with E-state index in [9.17, 15) is 4.79 Å². The van der Waals surface area contributed by atoms with E-state index in [1.807, 2.05) is 6.07 Å². The van der Waals surface area contributed by atoms with Crippen molar-refractivity contribution < 1.29 is 9.53 Å². The molecule has 0 atom stereocenters. The molecule has 0 aliphatic carbocycles. The average Bonchev–Trinajstić information content (AvgIpc) is 2.46. The molecule has 0 radical (unpaired) electrons. The molecule has 0 aliphatic rings. The number of amides is 1. The highest BCUT2D eigenvalue weighted by molar-refractivity contribution is 9.10. The van der Waals surface area contributed by atoms with Gasteiger partial charge in [-0.2, -0.15) is 5.26 Å². The molecule has 0 bridgehead atoms. The van der Waals surface area contributed by atoms with E-state index >= 15 is 0 Å². The summed E-state index contributed by atoms with van der Waals surface area (Å²) in [5.41, 5.74) is 0.989. The van der Waals surface area contributed by atoms with Crippen molar-refractivity contribution in [1.82, 2.24) is 4.98 Å². The first-order chi connectivity index (χ1) is 9.70. The molecule has 1 aromatic heterocycles. The Morgan fingerprint density at radius 2 is 2.20 bits per heavy atom. The highest BCUT2D eigenvalue weighted by atomic mass is 79.9. The van der Waals surface area contributed by atoms with E-state index < -0.39 is 0 Å². The number of benzene rings is 1. The summed E-state index contributed by atoms with van der Waals surface area (Å²) in [6, 6.07) is 12.1. The number of nitrogens with one attached hydrogen (secondary N) is 1. The molecule has 1 aromatic carbocycles. The lowest BCUT2D eigenvalue weighted by molar-refractivity contribution is 0.102. The maximum absolute atomic E-state index is 12.1. The number of para-hydroxylation sites is 2. The summed E-state index contributed by atoms with van der Waals surface area (Å²) >= 11 is 3.21. The molecule has 6 heteroatoms. The third kappa shape index (κ3) is 3.56. The molecular formula is C14H10BrN3O2. The Kier molecular flexibility index (Phi) is 4.69. The Labute approximate surface area is 124 Å². The van der Waals surface area contributed by atoms with Gasteiger partial charge in [-0.1, -0.05) is 12.1 Å². The summed E-state index contributed by atoms with van der Waals surface area (Å²) in [5.74, 6) is 0.177. The van der Waals surface area contributed by atoms with Crippen LogP contribution in [0.25, 0.3) is 0 Å². The van der Waals surface area contributed by atoms with Crippen LogP contribution in [-0.2, 0) is 0 Å². The fraction of sp³-hybridized carbons (Fsp3) is 0.0714. The molecule has 1 N–H and O–H groups in total. The van der Waals surface area contributed by atoms with Crippen molar-refractivity contribution in [3.8, 4) is 11.8 Å². The lowest BCUT2D eigenvalue weighted by atomic mass is 10.2. The number of nitriles is 1. The largest absolute Gasteiger partial charge is 0.477 e. The van der Waals surface area contributed by atoms with Crippen LogP contribution in [0, 0.1) is 11.3 Å². The van der Waals surface area contributed by atoms with Gasteiger partial charge in [0, 0.05) is 11.8 Å². The minimum Gasteiger partial charge on any atom is -0.477 e. The van der Waals surface area contributed by atoms with Crippen molar-refractivity contribution in [2.75, 3.05) is 11.9 Å². The second-order valence-corrected chi connectivity index (χ2v) is 4.58. The first-order valence-corrected chi connectivity index (χ1v) is 6.51. The van der Waals surface area contributed by atoms with Crippen molar-refractivity contribution in [1.29, 1.82) is 5.26 Å². The molecule has 2 aromatic rings. The molecule has 1 heterocycles. The van der Waals surface area contributed by atoms with Crippen molar-refractivity contribution >= 4 is 27.5 Å². The van der Waals surface area contributed by atoms with Crippen LogP contribution < -0.4 is 10.1 Å². The normalized spacial score (nSPS) is 9.60. The van der Waals surface area contributed by atoms with Crippen LogP contribution in [0.1, 0.15) is 10.4 Å².